The maximum atomic E-state index is 5.87. The number of halogens is 1. The minimum Gasteiger partial charge on any atom is -0.493 e. The van der Waals surface area contributed by atoms with E-state index in [0.717, 1.165) is 13.0 Å². The monoisotopic (exact) mass is 200 g/mol. The van der Waals surface area contributed by atoms with Crippen LogP contribution in [0.3, 0.4) is 0 Å². The van der Waals surface area contributed by atoms with Gasteiger partial charge in [-0.3, -0.25) is 0 Å². The highest BCUT2D eigenvalue weighted by atomic mass is 35.5. The predicted octanol–water partition coefficient (Wildman–Crippen LogP) is 1.60. The van der Waals surface area contributed by atoms with Crippen LogP contribution in [0, 0.1) is 0 Å². The normalized spacial score (nSPS) is 20.9. The lowest BCUT2D eigenvalue weighted by Crippen LogP contribution is -2.20. The van der Waals surface area contributed by atoms with E-state index >= 15 is 0 Å². The molecule has 0 saturated carbocycles. The van der Waals surface area contributed by atoms with Crippen LogP contribution in [-0.2, 0) is 4.74 Å². The standard InChI is InChI=1S/C8H9ClN2O2/c1-12-8-5(9)4-10-11-7(8)6-2-3-13-6/h4,6H,2-3H2,1H3. The third-order valence-corrected chi connectivity index (χ3v) is 2.26. The Morgan fingerprint density at radius 2 is 2.46 bits per heavy atom. The lowest BCUT2D eigenvalue weighted by Gasteiger charge is -2.26. The van der Waals surface area contributed by atoms with Crippen LogP contribution >= 0.6 is 11.6 Å². The molecule has 0 amide bonds. The van der Waals surface area contributed by atoms with E-state index in [-0.39, 0.29) is 6.10 Å². The molecule has 1 aromatic heterocycles. The Balaban J connectivity index is 2.37. The number of rotatable bonds is 2. The first-order valence-corrected chi connectivity index (χ1v) is 4.37. The predicted molar refractivity (Wildman–Crippen MR) is 46.9 cm³/mol. The summed E-state index contributed by atoms with van der Waals surface area (Å²) >= 11 is 5.87. The average Bonchev–Trinajstić information content (AvgIpc) is 2.01. The van der Waals surface area contributed by atoms with Crippen LogP contribution in [0.4, 0.5) is 0 Å². The molecule has 1 atom stereocenters. The highest BCUT2D eigenvalue weighted by Gasteiger charge is 2.26. The Hall–Kier alpha value is -0.870. The zero-order valence-corrected chi connectivity index (χ0v) is 7.91. The quantitative estimate of drug-likeness (QED) is 0.728. The van der Waals surface area contributed by atoms with Crippen molar-refractivity contribution < 1.29 is 9.47 Å². The van der Waals surface area contributed by atoms with Crippen molar-refractivity contribution in [3.63, 3.8) is 0 Å². The number of methoxy groups -OCH3 is 1. The van der Waals surface area contributed by atoms with E-state index in [2.05, 4.69) is 10.2 Å². The molecule has 1 aliphatic rings. The molecule has 1 unspecified atom stereocenters. The Kier molecular flexibility index (Phi) is 2.33. The zero-order valence-electron chi connectivity index (χ0n) is 7.16. The van der Waals surface area contributed by atoms with Gasteiger partial charge < -0.3 is 9.47 Å². The van der Waals surface area contributed by atoms with Crippen molar-refractivity contribution >= 4 is 11.6 Å². The second-order valence-corrected chi connectivity index (χ2v) is 3.17. The fourth-order valence-electron chi connectivity index (χ4n) is 1.23. The van der Waals surface area contributed by atoms with Gasteiger partial charge in [-0.15, -0.1) is 5.10 Å². The van der Waals surface area contributed by atoms with Crippen molar-refractivity contribution in [3.05, 3.63) is 16.9 Å². The number of aromatic nitrogens is 2. The molecule has 1 saturated heterocycles. The van der Waals surface area contributed by atoms with Crippen molar-refractivity contribution in [2.24, 2.45) is 0 Å². The van der Waals surface area contributed by atoms with Crippen molar-refractivity contribution in [2.75, 3.05) is 13.7 Å². The van der Waals surface area contributed by atoms with E-state index < -0.39 is 0 Å². The molecule has 0 radical (unpaired) electrons. The lowest BCUT2D eigenvalue weighted by atomic mass is 10.1. The second-order valence-electron chi connectivity index (χ2n) is 2.76. The third kappa shape index (κ3) is 1.47. The summed E-state index contributed by atoms with van der Waals surface area (Å²) in [5, 5.41) is 8.18. The van der Waals surface area contributed by atoms with Gasteiger partial charge in [-0.2, -0.15) is 5.10 Å². The fourth-order valence-corrected chi connectivity index (χ4v) is 1.45. The molecule has 0 aromatic carbocycles. The summed E-state index contributed by atoms with van der Waals surface area (Å²) in [7, 11) is 1.56. The molecule has 70 valence electrons. The van der Waals surface area contributed by atoms with Gasteiger partial charge in [0, 0.05) is 6.42 Å². The Bertz CT molecular complexity index is 315. The van der Waals surface area contributed by atoms with Gasteiger partial charge in [0.1, 0.15) is 16.8 Å². The van der Waals surface area contributed by atoms with Crippen LogP contribution in [-0.4, -0.2) is 23.9 Å². The summed E-state index contributed by atoms with van der Waals surface area (Å²) in [6, 6.07) is 0. The van der Waals surface area contributed by atoms with E-state index in [9.17, 15) is 0 Å². The van der Waals surface area contributed by atoms with Crippen molar-refractivity contribution in [1.82, 2.24) is 10.2 Å². The first kappa shape index (κ1) is 8.72. The van der Waals surface area contributed by atoms with Crippen molar-refractivity contribution in [2.45, 2.75) is 12.5 Å². The first-order valence-electron chi connectivity index (χ1n) is 3.99. The van der Waals surface area contributed by atoms with Gasteiger partial charge in [0.15, 0.2) is 5.75 Å². The van der Waals surface area contributed by atoms with Crippen LogP contribution < -0.4 is 4.74 Å². The van der Waals surface area contributed by atoms with Crippen LogP contribution in [0.25, 0.3) is 0 Å². The molecule has 2 heterocycles. The summed E-state index contributed by atoms with van der Waals surface area (Å²) in [6.07, 6.45) is 2.41. The fraction of sp³-hybridized carbons (Fsp3) is 0.500. The van der Waals surface area contributed by atoms with Crippen LogP contribution in [0.1, 0.15) is 18.2 Å². The molecule has 4 nitrogen and oxygen atoms in total. The maximum absolute atomic E-state index is 5.87. The van der Waals surface area contributed by atoms with Gasteiger partial charge >= 0.3 is 0 Å². The molecule has 13 heavy (non-hydrogen) atoms. The van der Waals surface area contributed by atoms with Gasteiger partial charge in [-0.25, -0.2) is 0 Å². The highest BCUT2D eigenvalue weighted by molar-refractivity contribution is 6.32. The highest BCUT2D eigenvalue weighted by Crippen LogP contribution is 2.36. The Morgan fingerprint density at radius 1 is 1.69 bits per heavy atom. The molecule has 5 heteroatoms. The topological polar surface area (TPSA) is 44.2 Å². The van der Waals surface area contributed by atoms with Crippen molar-refractivity contribution in [1.29, 1.82) is 0 Å². The van der Waals surface area contributed by atoms with E-state index in [1.165, 1.54) is 6.20 Å². The number of hydrogen-bond acceptors (Lipinski definition) is 4. The summed E-state index contributed by atoms with van der Waals surface area (Å²) < 4.78 is 10.4. The maximum Gasteiger partial charge on any atom is 0.165 e. The Labute approximate surface area is 80.8 Å². The molecule has 0 spiro atoms. The molecular weight excluding hydrogens is 192 g/mol. The summed E-state index contributed by atoms with van der Waals surface area (Å²) in [6.45, 7) is 0.766. The van der Waals surface area contributed by atoms with Crippen LogP contribution in [0.15, 0.2) is 6.20 Å². The lowest BCUT2D eigenvalue weighted by molar-refractivity contribution is -0.0569. The molecular formula is C8H9ClN2O2. The third-order valence-electron chi connectivity index (χ3n) is 1.99. The van der Waals surface area contributed by atoms with Crippen LogP contribution in [0.2, 0.25) is 5.02 Å². The average molecular weight is 201 g/mol. The molecule has 0 aliphatic carbocycles. The second kappa shape index (κ2) is 3.47. The molecule has 0 N–H and O–H groups in total. The van der Waals surface area contributed by atoms with E-state index in [4.69, 9.17) is 21.1 Å². The minimum absolute atomic E-state index is 0.00106. The Morgan fingerprint density at radius 3 is 3.00 bits per heavy atom. The van der Waals surface area contributed by atoms with Crippen LogP contribution in [0.5, 0.6) is 5.75 Å². The first-order chi connectivity index (χ1) is 6.33. The largest absolute Gasteiger partial charge is 0.493 e. The van der Waals surface area contributed by atoms with Gasteiger partial charge in [0.05, 0.1) is 19.9 Å². The van der Waals surface area contributed by atoms with E-state index in [1.807, 2.05) is 0 Å². The zero-order chi connectivity index (χ0) is 9.26. The molecule has 2 rings (SSSR count). The number of nitrogens with zero attached hydrogens (tertiary/aromatic N) is 2. The van der Waals surface area contributed by atoms with Gasteiger partial charge in [0.2, 0.25) is 0 Å². The van der Waals surface area contributed by atoms with Gasteiger partial charge in [0.25, 0.3) is 0 Å². The van der Waals surface area contributed by atoms with E-state index in [0.29, 0.717) is 16.5 Å². The number of hydrogen-bond donors (Lipinski definition) is 0. The summed E-state index contributed by atoms with van der Waals surface area (Å²) in [4.78, 5) is 0. The van der Waals surface area contributed by atoms with Gasteiger partial charge in [-0.05, 0) is 0 Å². The summed E-state index contributed by atoms with van der Waals surface area (Å²) in [5.74, 6) is 0.571. The SMILES string of the molecule is COc1c(Cl)cnnc1C1CCO1. The van der Waals surface area contributed by atoms with Gasteiger partial charge in [-0.1, -0.05) is 11.6 Å². The van der Waals surface area contributed by atoms with E-state index in [1.54, 1.807) is 7.11 Å². The number of ether oxygens (including phenoxy) is 2. The minimum atomic E-state index is 0.00106. The molecule has 1 fully saturated rings. The smallest absolute Gasteiger partial charge is 0.165 e. The molecule has 1 aromatic rings. The summed E-state index contributed by atoms with van der Waals surface area (Å²) in [5.41, 5.74) is 0.696. The molecule has 0 bridgehead atoms. The van der Waals surface area contributed by atoms with Crippen molar-refractivity contribution in [3.8, 4) is 5.75 Å². The molecule has 1 aliphatic heterocycles.